The van der Waals surface area contributed by atoms with E-state index < -0.39 is 12.1 Å². The van der Waals surface area contributed by atoms with Crippen LogP contribution in [0.2, 0.25) is 0 Å². The Morgan fingerprint density at radius 2 is 2.20 bits per heavy atom. The molecular formula is C11H13NO3. The minimum Gasteiger partial charge on any atom is -0.508 e. The molecule has 1 saturated heterocycles. The zero-order chi connectivity index (χ0) is 10.8. The molecule has 0 spiro atoms. The van der Waals surface area contributed by atoms with E-state index in [1.807, 2.05) is 0 Å². The first kappa shape index (κ1) is 9.98. The number of phenolic OH excluding ortho intramolecular Hbond substituents is 1. The molecule has 15 heavy (non-hydrogen) atoms. The second-order valence-electron chi connectivity index (χ2n) is 3.75. The molecule has 4 nitrogen and oxygen atoms in total. The summed E-state index contributed by atoms with van der Waals surface area (Å²) in [6, 6.07) is 6.18. The monoisotopic (exact) mass is 207 g/mol. The van der Waals surface area contributed by atoms with Gasteiger partial charge in [-0.15, -0.1) is 0 Å². The first-order valence-corrected chi connectivity index (χ1v) is 4.93. The van der Waals surface area contributed by atoms with Crippen LogP contribution < -0.4 is 5.32 Å². The summed E-state index contributed by atoms with van der Waals surface area (Å²) in [6.07, 6.45) is 0.243. The van der Waals surface area contributed by atoms with Crippen LogP contribution in [0.25, 0.3) is 0 Å². The Hall–Kier alpha value is -1.55. The number of benzene rings is 1. The Balaban J connectivity index is 2.24. The zero-order valence-corrected chi connectivity index (χ0v) is 8.18. The van der Waals surface area contributed by atoms with Gasteiger partial charge >= 0.3 is 0 Å². The topological polar surface area (TPSA) is 69.6 Å². The molecule has 0 saturated carbocycles. The number of piperidine rings is 1. The van der Waals surface area contributed by atoms with Gasteiger partial charge in [0.2, 0.25) is 5.91 Å². The number of hydrogen-bond donors (Lipinski definition) is 3. The number of aliphatic hydroxyl groups is 1. The lowest BCUT2D eigenvalue weighted by molar-refractivity contribution is -0.126. The number of nitrogens with one attached hydrogen (secondary N) is 1. The summed E-state index contributed by atoms with van der Waals surface area (Å²) in [5.41, 5.74) is 0.732. The fraction of sp³-hybridized carbons (Fsp3) is 0.364. The number of phenols is 1. The zero-order valence-electron chi connectivity index (χ0n) is 8.18. The summed E-state index contributed by atoms with van der Waals surface area (Å²) >= 11 is 0. The summed E-state index contributed by atoms with van der Waals surface area (Å²) in [7, 11) is 0. The van der Waals surface area contributed by atoms with E-state index in [1.165, 1.54) is 0 Å². The number of hydrogen-bond acceptors (Lipinski definition) is 3. The number of rotatable bonds is 1. The van der Waals surface area contributed by atoms with E-state index in [4.69, 9.17) is 0 Å². The smallest absolute Gasteiger partial charge is 0.220 e. The maximum Gasteiger partial charge on any atom is 0.220 e. The lowest BCUT2D eigenvalue weighted by Gasteiger charge is -2.28. The Kier molecular flexibility index (Phi) is 2.60. The lowest BCUT2D eigenvalue weighted by atomic mass is 9.94. The van der Waals surface area contributed by atoms with E-state index >= 15 is 0 Å². The molecule has 0 radical (unpaired) electrons. The fourth-order valence-corrected chi connectivity index (χ4v) is 1.81. The first-order valence-electron chi connectivity index (χ1n) is 4.93. The van der Waals surface area contributed by atoms with Gasteiger partial charge in [0.25, 0.3) is 0 Å². The van der Waals surface area contributed by atoms with Gasteiger partial charge in [-0.05, 0) is 24.1 Å². The van der Waals surface area contributed by atoms with E-state index in [9.17, 15) is 15.0 Å². The van der Waals surface area contributed by atoms with Crippen molar-refractivity contribution in [3.8, 4) is 5.75 Å². The molecule has 1 fully saturated rings. The highest BCUT2D eigenvalue weighted by Gasteiger charge is 2.28. The van der Waals surface area contributed by atoms with Crippen molar-refractivity contribution in [1.82, 2.24) is 5.32 Å². The van der Waals surface area contributed by atoms with Crippen molar-refractivity contribution in [3.05, 3.63) is 29.8 Å². The van der Waals surface area contributed by atoms with Gasteiger partial charge in [-0.3, -0.25) is 4.79 Å². The SMILES string of the molecule is O=C1CCC(O)C(c2cccc(O)c2)N1. The molecule has 1 aliphatic heterocycles. The normalized spacial score (nSPS) is 26.1. The highest BCUT2D eigenvalue weighted by Crippen LogP contribution is 2.26. The summed E-state index contributed by atoms with van der Waals surface area (Å²) in [6.45, 7) is 0. The van der Waals surface area contributed by atoms with Crippen LogP contribution in [-0.4, -0.2) is 22.2 Å². The molecule has 80 valence electrons. The van der Waals surface area contributed by atoms with Crippen molar-refractivity contribution >= 4 is 5.91 Å². The van der Waals surface area contributed by atoms with Crippen molar-refractivity contribution in [2.24, 2.45) is 0 Å². The van der Waals surface area contributed by atoms with Crippen molar-refractivity contribution in [3.63, 3.8) is 0 Å². The summed E-state index contributed by atoms with van der Waals surface area (Å²) in [5.74, 6) is 0.0770. The quantitative estimate of drug-likeness (QED) is 0.635. The van der Waals surface area contributed by atoms with Gasteiger partial charge in [0.15, 0.2) is 0 Å². The van der Waals surface area contributed by atoms with Gasteiger partial charge in [0.1, 0.15) is 5.75 Å². The molecule has 3 N–H and O–H groups in total. The Labute approximate surface area is 87.6 Å². The molecule has 0 aliphatic carbocycles. The van der Waals surface area contributed by atoms with E-state index in [2.05, 4.69) is 5.32 Å². The molecule has 1 aliphatic rings. The van der Waals surface area contributed by atoms with Gasteiger partial charge in [0, 0.05) is 6.42 Å². The summed E-state index contributed by atoms with van der Waals surface area (Å²) in [5, 5.41) is 21.7. The summed E-state index contributed by atoms with van der Waals surface area (Å²) < 4.78 is 0. The predicted octanol–water partition coefficient (Wildman–Crippen LogP) is 0.704. The number of carbonyl (C=O) groups is 1. The molecule has 2 unspecified atom stereocenters. The van der Waals surface area contributed by atoms with Gasteiger partial charge in [-0.25, -0.2) is 0 Å². The third kappa shape index (κ3) is 2.10. The van der Waals surface area contributed by atoms with Crippen LogP contribution in [0.1, 0.15) is 24.4 Å². The Bertz CT molecular complexity index is 378. The summed E-state index contributed by atoms with van der Waals surface area (Å²) in [4.78, 5) is 11.2. The van der Waals surface area contributed by atoms with E-state index in [1.54, 1.807) is 24.3 Å². The average Bonchev–Trinajstić information content (AvgIpc) is 2.22. The van der Waals surface area contributed by atoms with Crippen LogP contribution in [0, 0.1) is 0 Å². The molecule has 1 aromatic rings. The second kappa shape index (κ2) is 3.90. The molecule has 2 rings (SSSR count). The van der Waals surface area contributed by atoms with Crippen molar-refractivity contribution in [2.75, 3.05) is 0 Å². The maximum absolute atomic E-state index is 11.2. The van der Waals surface area contributed by atoms with Crippen LogP contribution >= 0.6 is 0 Å². The van der Waals surface area contributed by atoms with Crippen LogP contribution in [-0.2, 0) is 4.79 Å². The van der Waals surface area contributed by atoms with Crippen molar-refractivity contribution < 1.29 is 15.0 Å². The highest BCUT2D eigenvalue weighted by molar-refractivity contribution is 5.77. The maximum atomic E-state index is 11.2. The van der Waals surface area contributed by atoms with Gasteiger partial charge in [-0.2, -0.15) is 0 Å². The molecule has 1 aromatic carbocycles. The van der Waals surface area contributed by atoms with Gasteiger partial charge in [-0.1, -0.05) is 12.1 Å². The van der Waals surface area contributed by atoms with Crippen LogP contribution in [0.15, 0.2) is 24.3 Å². The average molecular weight is 207 g/mol. The van der Waals surface area contributed by atoms with E-state index in [0.717, 1.165) is 5.56 Å². The highest BCUT2D eigenvalue weighted by atomic mass is 16.3. The number of amides is 1. The van der Waals surface area contributed by atoms with Crippen LogP contribution in [0.5, 0.6) is 5.75 Å². The third-order valence-electron chi connectivity index (χ3n) is 2.60. The van der Waals surface area contributed by atoms with Gasteiger partial charge in [0.05, 0.1) is 12.1 Å². The van der Waals surface area contributed by atoms with Crippen LogP contribution in [0.4, 0.5) is 0 Å². The molecule has 1 amide bonds. The number of carbonyl (C=O) groups excluding carboxylic acids is 1. The van der Waals surface area contributed by atoms with Crippen molar-refractivity contribution in [2.45, 2.75) is 25.0 Å². The fourth-order valence-electron chi connectivity index (χ4n) is 1.81. The largest absolute Gasteiger partial charge is 0.508 e. The third-order valence-corrected chi connectivity index (χ3v) is 2.60. The lowest BCUT2D eigenvalue weighted by Crippen LogP contribution is -2.41. The predicted molar refractivity (Wildman–Crippen MR) is 54.2 cm³/mol. The molecule has 0 bridgehead atoms. The molecule has 2 atom stereocenters. The number of aromatic hydroxyl groups is 1. The van der Waals surface area contributed by atoms with E-state index in [-0.39, 0.29) is 11.7 Å². The second-order valence-corrected chi connectivity index (χ2v) is 3.75. The standard InChI is InChI=1S/C11H13NO3/c13-8-3-1-2-7(6-8)11-9(14)4-5-10(15)12-11/h1-3,6,9,11,13-14H,4-5H2,(H,12,15). The minimum absolute atomic E-state index is 0.0614. The van der Waals surface area contributed by atoms with Crippen molar-refractivity contribution in [1.29, 1.82) is 0 Å². The molecule has 1 heterocycles. The first-order chi connectivity index (χ1) is 7.16. The number of aliphatic hydroxyl groups excluding tert-OH is 1. The minimum atomic E-state index is -0.579. The Morgan fingerprint density at radius 3 is 2.93 bits per heavy atom. The van der Waals surface area contributed by atoms with Crippen LogP contribution in [0.3, 0.4) is 0 Å². The molecule has 4 heteroatoms. The molecule has 0 aromatic heterocycles. The van der Waals surface area contributed by atoms with E-state index in [0.29, 0.717) is 12.8 Å². The molecular weight excluding hydrogens is 194 g/mol. The Morgan fingerprint density at radius 1 is 1.40 bits per heavy atom. The van der Waals surface area contributed by atoms with Gasteiger partial charge < -0.3 is 15.5 Å².